The van der Waals surface area contributed by atoms with Gasteiger partial charge in [-0.05, 0) is 29.8 Å². The zero-order valence-corrected chi connectivity index (χ0v) is 11.0. The van der Waals surface area contributed by atoms with Crippen molar-refractivity contribution in [1.29, 1.82) is 0 Å². The Morgan fingerprint density at radius 2 is 1.70 bits per heavy atom. The first-order valence-electron chi connectivity index (χ1n) is 5.60. The lowest BCUT2D eigenvalue weighted by Gasteiger charge is -2.09. The molecule has 7 heteroatoms. The highest BCUT2D eigenvalue weighted by Crippen LogP contribution is 2.20. The van der Waals surface area contributed by atoms with E-state index in [-0.39, 0.29) is 11.5 Å². The van der Waals surface area contributed by atoms with Crippen LogP contribution in [0.3, 0.4) is 0 Å². The van der Waals surface area contributed by atoms with E-state index < -0.39 is 27.3 Å². The predicted molar refractivity (Wildman–Crippen MR) is 69.5 cm³/mol. The maximum atomic E-state index is 13.4. The molecule has 0 spiro atoms. The Bertz CT molecular complexity index is 715. The van der Waals surface area contributed by atoms with E-state index in [1.807, 2.05) is 4.72 Å². The topological polar surface area (TPSA) is 66.4 Å². The van der Waals surface area contributed by atoms with E-state index in [4.69, 9.17) is 5.11 Å². The zero-order valence-electron chi connectivity index (χ0n) is 10.2. The van der Waals surface area contributed by atoms with Crippen molar-refractivity contribution in [2.24, 2.45) is 0 Å². The quantitative estimate of drug-likeness (QED) is 0.910. The summed E-state index contributed by atoms with van der Waals surface area (Å²) in [6, 6.07) is 7.88. The third-order valence-corrected chi connectivity index (χ3v) is 3.97. The second-order valence-corrected chi connectivity index (χ2v) is 5.71. The number of nitrogens with one attached hydrogen (secondary N) is 1. The molecule has 2 rings (SSSR count). The van der Waals surface area contributed by atoms with Gasteiger partial charge in [0.05, 0.1) is 17.2 Å². The normalized spacial score (nSPS) is 11.3. The summed E-state index contributed by atoms with van der Waals surface area (Å²) in [5, 5.41) is 8.88. The molecule has 0 fully saturated rings. The molecule has 2 aromatic carbocycles. The Balaban J connectivity index is 2.32. The average molecular weight is 299 g/mol. The number of hydrogen-bond donors (Lipinski definition) is 2. The first-order valence-corrected chi connectivity index (χ1v) is 7.08. The Morgan fingerprint density at radius 3 is 2.30 bits per heavy atom. The van der Waals surface area contributed by atoms with E-state index in [1.165, 1.54) is 24.3 Å². The summed E-state index contributed by atoms with van der Waals surface area (Å²) >= 11 is 0. The molecule has 0 radical (unpaired) electrons. The smallest absolute Gasteiger partial charge is 0.261 e. The molecule has 0 aromatic heterocycles. The lowest BCUT2D eigenvalue weighted by atomic mass is 10.2. The third-order valence-electron chi connectivity index (χ3n) is 2.59. The van der Waals surface area contributed by atoms with Crippen molar-refractivity contribution in [1.82, 2.24) is 0 Å². The first kappa shape index (κ1) is 14.4. The van der Waals surface area contributed by atoms with Gasteiger partial charge in [0, 0.05) is 6.07 Å². The molecule has 0 amide bonds. The van der Waals surface area contributed by atoms with E-state index >= 15 is 0 Å². The van der Waals surface area contributed by atoms with Gasteiger partial charge >= 0.3 is 0 Å². The molecule has 0 heterocycles. The molecule has 0 unspecified atom stereocenters. The van der Waals surface area contributed by atoms with E-state index in [1.54, 1.807) is 0 Å². The summed E-state index contributed by atoms with van der Waals surface area (Å²) in [7, 11) is -4.02. The Morgan fingerprint density at radius 1 is 1.05 bits per heavy atom. The lowest BCUT2D eigenvalue weighted by molar-refractivity contribution is 0.282. The number of hydrogen-bond acceptors (Lipinski definition) is 3. The van der Waals surface area contributed by atoms with Crippen LogP contribution in [-0.2, 0) is 16.6 Å². The van der Waals surface area contributed by atoms with Crippen molar-refractivity contribution in [2.75, 3.05) is 4.72 Å². The summed E-state index contributed by atoms with van der Waals surface area (Å²) < 4.78 is 52.4. The molecule has 0 bridgehead atoms. The molecule has 106 valence electrons. The minimum Gasteiger partial charge on any atom is -0.392 e. The maximum Gasteiger partial charge on any atom is 0.261 e. The van der Waals surface area contributed by atoms with Crippen LogP contribution in [0.2, 0.25) is 0 Å². The molecule has 0 saturated carbocycles. The van der Waals surface area contributed by atoms with Gasteiger partial charge in [-0.1, -0.05) is 12.1 Å². The molecule has 20 heavy (non-hydrogen) atoms. The van der Waals surface area contributed by atoms with Crippen LogP contribution in [0, 0.1) is 11.6 Å². The van der Waals surface area contributed by atoms with E-state index in [0.717, 1.165) is 18.2 Å². The largest absolute Gasteiger partial charge is 0.392 e. The molecular weight excluding hydrogens is 288 g/mol. The second kappa shape index (κ2) is 5.56. The minimum atomic E-state index is -4.02. The van der Waals surface area contributed by atoms with Crippen LogP contribution in [0.1, 0.15) is 5.56 Å². The predicted octanol–water partition coefficient (Wildman–Crippen LogP) is 2.26. The van der Waals surface area contributed by atoms with Gasteiger partial charge < -0.3 is 5.11 Å². The van der Waals surface area contributed by atoms with Gasteiger partial charge in [0.25, 0.3) is 10.0 Å². The number of rotatable bonds is 4. The van der Waals surface area contributed by atoms with Gasteiger partial charge in [0.2, 0.25) is 0 Å². The van der Waals surface area contributed by atoms with Crippen LogP contribution in [0.5, 0.6) is 0 Å². The summed E-state index contributed by atoms with van der Waals surface area (Å²) in [4.78, 5) is -0.113. The number of aliphatic hydroxyl groups is 1. The molecule has 4 nitrogen and oxygen atoms in total. The highest BCUT2D eigenvalue weighted by Gasteiger charge is 2.16. The van der Waals surface area contributed by atoms with Gasteiger partial charge in [0.15, 0.2) is 0 Å². The van der Waals surface area contributed by atoms with E-state index in [2.05, 4.69) is 0 Å². The molecule has 0 atom stereocenters. The minimum absolute atomic E-state index is 0.113. The lowest BCUT2D eigenvalue weighted by Crippen LogP contribution is -2.14. The SMILES string of the molecule is O=S(=O)(Nc1cc(F)ccc1F)c1ccc(CO)cc1. The fraction of sp³-hybridized carbons (Fsp3) is 0.0769. The first-order chi connectivity index (χ1) is 9.42. The molecular formula is C13H11F2NO3S. The van der Waals surface area contributed by atoms with Gasteiger partial charge in [-0.15, -0.1) is 0 Å². The van der Waals surface area contributed by atoms with Crippen molar-refractivity contribution in [3.63, 3.8) is 0 Å². The maximum absolute atomic E-state index is 13.4. The summed E-state index contributed by atoms with van der Waals surface area (Å²) in [6.45, 7) is -0.216. The van der Waals surface area contributed by atoms with Crippen LogP contribution in [0.25, 0.3) is 0 Å². The van der Waals surface area contributed by atoms with Crippen molar-refractivity contribution >= 4 is 15.7 Å². The molecule has 2 N–H and O–H groups in total. The van der Waals surface area contributed by atoms with Crippen molar-refractivity contribution in [2.45, 2.75) is 11.5 Å². The van der Waals surface area contributed by atoms with E-state index in [0.29, 0.717) is 5.56 Å². The summed E-state index contributed by atoms with van der Waals surface area (Å²) in [6.07, 6.45) is 0. The molecule has 0 saturated heterocycles. The Hall–Kier alpha value is -1.99. The number of aliphatic hydroxyl groups excluding tert-OH is 1. The van der Waals surface area contributed by atoms with Crippen molar-refractivity contribution < 1.29 is 22.3 Å². The highest BCUT2D eigenvalue weighted by molar-refractivity contribution is 7.92. The van der Waals surface area contributed by atoms with Crippen molar-refractivity contribution in [3.8, 4) is 0 Å². The van der Waals surface area contributed by atoms with E-state index in [9.17, 15) is 17.2 Å². The summed E-state index contributed by atoms with van der Waals surface area (Å²) in [5.74, 6) is -1.62. The highest BCUT2D eigenvalue weighted by atomic mass is 32.2. The van der Waals surface area contributed by atoms with Gasteiger partial charge in [-0.3, -0.25) is 4.72 Å². The second-order valence-electron chi connectivity index (χ2n) is 4.03. The van der Waals surface area contributed by atoms with Gasteiger partial charge in [-0.2, -0.15) is 0 Å². The molecule has 0 aliphatic rings. The van der Waals surface area contributed by atoms with Gasteiger partial charge in [-0.25, -0.2) is 17.2 Å². The van der Waals surface area contributed by atoms with Crippen LogP contribution < -0.4 is 4.72 Å². The monoisotopic (exact) mass is 299 g/mol. The number of anilines is 1. The Kier molecular flexibility index (Phi) is 4.01. The van der Waals surface area contributed by atoms with Crippen LogP contribution in [0.4, 0.5) is 14.5 Å². The number of halogens is 2. The fourth-order valence-corrected chi connectivity index (χ4v) is 2.61. The van der Waals surface area contributed by atoms with Crippen LogP contribution >= 0.6 is 0 Å². The van der Waals surface area contributed by atoms with Crippen molar-refractivity contribution in [3.05, 3.63) is 59.7 Å². The van der Waals surface area contributed by atoms with Gasteiger partial charge in [0.1, 0.15) is 11.6 Å². The number of benzene rings is 2. The third kappa shape index (κ3) is 3.12. The van der Waals surface area contributed by atoms with Crippen LogP contribution in [-0.4, -0.2) is 13.5 Å². The molecule has 0 aliphatic carbocycles. The molecule has 0 aliphatic heterocycles. The Labute approximate surface area is 114 Å². The standard InChI is InChI=1S/C13H11F2NO3S/c14-10-3-6-12(15)13(7-10)16-20(18,19)11-4-1-9(8-17)2-5-11/h1-7,16-17H,8H2. The van der Waals surface area contributed by atoms with Crippen LogP contribution in [0.15, 0.2) is 47.4 Å². The zero-order chi connectivity index (χ0) is 14.8. The summed E-state index contributed by atoms with van der Waals surface area (Å²) in [5.41, 5.74) is 0.0807. The average Bonchev–Trinajstić information content (AvgIpc) is 2.43. The molecule has 2 aromatic rings. The number of sulfonamides is 1. The fourth-order valence-electron chi connectivity index (χ4n) is 1.55.